The molecule has 0 unspecified atom stereocenters. The fourth-order valence-corrected chi connectivity index (χ4v) is 3.83. The number of aromatic nitrogens is 2. The van der Waals surface area contributed by atoms with E-state index in [-0.39, 0.29) is 6.09 Å². The van der Waals surface area contributed by atoms with Gasteiger partial charge in [0.1, 0.15) is 5.82 Å². The van der Waals surface area contributed by atoms with Crippen LogP contribution in [0, 0.1) is 0 Å². The summed E-state index contributed by atoms with van der Waals surface area (Å²) in [7, 11) is 0. The molecular formula is C20H23N3O2. The molecule has 5 heteroatoms. The number of ether oxygens (including phenoxy) is 1. The molecule has 0 radical (unpaired) electrons. The molecule has 1 aromatic heterocycles. The highest BCUT2D eigenvalue weighted by atomic mass is 16.6. The lowest BCUT2D eigenvalue weighted by Crippen LogP contribution is -2.37. The number of amides is 1. The highest BCUT2D eigenvalue weighted by Crippen LogP contribution is 2.35. The Balaban J connectivity index is 1.71. The third-order valence-electron chi connectivity index (χ3n) is 5.09. The highest BCUT2D eigenvalue weighted by molar-refractivity contribution is 5.82. The molecule has 130 valence electrons. The smallest absolute Gasteiger partial charge is 0.409 e. The Morgan fingerprint density at radius 3 is 2.76 bits per heavy atom. The maximum Gasteiger partial charge on any atom is 0.409 e. The molecule has 4 rings (SSSR count). The molecule has 1 aromatic carbocycles. The molecule has 2 aliphatic heterocycles. The van der Waals surface area contributed by atoms with Crippen LogP contribution in [0.25, 0.3) is 5.57 Å². The van der Waals surface area contributed by atoms with Gasteiger partial charge in [0.15, 0.2) is 0 Å². The van der Waals surface area contributed by atoms with E-state index in [4.69, 9.17) is 4.74 Å². The lowest BCUT2D eigenvalue weighted by atomic mass is 9.90. The van der Waals surface area contributed by atoms with Crippen molar-refractivity contribution in [2.24, 2.45) is 0 Å². The Hall–Kier alpha value is -2.56. The average molecular weight is 337 g/mol. The standard InChI is InChI=1S/C20H23N3O2/c1-2-25-20(24)23-12-8-16(9-13-23)18-17-6-4-3-5-15(17)7-11-22-14-10-21-19(18)22/h3-6,10,14H,2,7-9,11-13H2,1H3. The number of hydrogen-bond acceptors (Lipinski definition) is 3. The molecule has 0 saturated carbocycles. The van der Waals surface area contributed by atoms with E-state index >= 15 is 0 Å². The minimum atomic E-state index is -0.200. The van der Waals surface area contributed by atoms with Crippen molar-refractivity contribution in [1.29, 1.82) is 0 Å². The van der Waals surface area contributed by atoms with E-state index in [0.717, 1.165) is 31.6 Å². The Morgan fingerprint density at radius 2 is 1.96 bits per heavy atom. The Morgan fingerprint density at radius 1 is 1.16 bits per heavy atom. The van der Waals surface area contributed by atoms with Crippen LogP contribution in [0.5, 0.6) is 0 Å². The fraction of sp³-hybridized carbons (Fsp3) is 0.400. The number of benzene rings is 1. The first kappa shape index (κ1) is 15.9. The molecule has 1 fully saturated rings. The lowest BCUT2D eigenvalue weighted by Gasteiger charge is -2.29. The number of nitrogens with zero attached hydrogens (tertiary/aromatic N) is 3. The molecule has 25 heavy (non-hydrogen) atoms. The van der Waals surface area contributed by atoms with Crippen molar-refractivity contribution in [3.05, 3.63) is 59.2 Å². The second-order valence-electron chi connectivity index (χ2n) is 6.52. The van der Waals surface area contributed by atoms with Gasteiger partial charge in [0.05, 0.1) is 6.61 Å². The maximum absolute atomic E-state index is 12.0. The minimum Gasteiger partial charge on any atom is -0.450 e. The number of aryl methyl sites for hydroxylation is 2. The number of carbonyl (C=O) groups is 1. The monoisotopic (exact) mass is 337 g/mol. The average Bonchev–Trinajstić information content (AvgIpc) is 3.04. The topological polar surface area (TPSA) is 47.4 Å². The van der Waals surface area contributed by atoms with Gasteiger partial charge in [0, 0.05) is 37.6 Å². The number of rotatable bonds is 1. The number of carbonyl (C=O) groups excluding carboxylic acids is 1. The van der Waals surface area contributed by atoms with Gasteiger partial charge in [-0.2, -0.15) is 0 Å². The molecule has 3 heterocycles. The van der Waals surface area contributed by atoms with Crippen molar-refractivity contribution in [1.82, 2.24) is 14.5 Å². The van der Waals surface area contributed by atoms with Gasteiger partial charge in [0.25, 0.3) is 0 Å². The summed E-state index contributed by atoms with van der Waals surface area (Å²) >= 11 is 0. The third-order valence-corrected chi connectivity index (χ3v) is 5.09. The zero-order valence-electron chi connectivity index (χ0n) is 14.6. The van der Waals surface area contributed by atoms with Gasteiger partial charge < -0.3 is 14.2 Å². The largest absolute Gasteiger partial charge is 0.450 e. The van der Waals surface area contributed by atoms with Crippen LogP contribution in [0.1, 0.15) is 36.7 Å². The summed E-state index contributed by atoms with van der Waals surface area (Å²) in [6.07, 6.45) is 6.51. The lowest BCUT2D eigenvalue weighted by molar-refractivity contribution is 0.104. The SMILES string of the molecule is CCOC(=O)N1CCC(=C2c3ccccc3CCn3ccnc32)CC1. The van der Waals surface area contributed by atoms with E-state index < -0.39 is 0 Å². The van der Waals surface area contributed by atoms with Crippen LogP contribution >= 0.6 is 0 Å². The number of imidazole rings is 1. The van der Waals surface area contributed by atoms with E-state index in [1.54, 1.807) is 0 Å². The van der Waals surface area contributed by atoms with Gasteiger partial charge in [-0.05, 0) is 37.3 Å². The van der Waals surface area contributed by atoms with Crippen LogP contribution in [-0.2, 0) is 17.7 Å². The van der Waals surface area contributed by atoms with Crippen molar-refractivity contribution >= 4 is 11.7 Å². The van der Waals surface area contributed by atoms with E-state index in [2.05, 4.69) is 40.0 Å². The Bertz CT molecular complexity index is 812. The molecule has 0 spiro atoms. The Labute approximate surface area is 147 Å². The van der Waals surface area contributed by atoms with Crippen LogP contribution < -0.4 is 0 Å². The van der Waals surface area contributed by atoms with Crippen molar-refractivity contribution < 1.29 is 9.53 Å². The van der Waals surface area contributed by atoms with E-state index in [1.165, 1.54) is 22.3 Å². The highest BCUT2D eigenvalue weighted by Gasteiger charge is 2.26. The number of piperidine rings is 1. The van der Waals surface area contributed by atoms with Gasteiger partial charge in [0.2, 0.25) is 0 Å². The summed E-state index contributed by atoms with van der Waals surface area (Å²) in [5, 5.41) is 0. The van der Waals surface area contributed by atoms with Gasteiger partial charge in [-0.3, -0.25) is 0 Å². The zero-order valence-corrected chi connectivity index (χ0v) is 14.6. The minimum absolute atomic E-state index is 0.200. The second-order valence-corrected chi connectivity index (χ2v) is 6.52. The van der Waals surface area contributed by atoms with E-state index in [0.29, 0.717) is 19.7 Å². The fourth-order valence-electron chi connectivity index (χ4n) is 3.83. The number of likely N-dealkylation sites (tertiary alicyclic amines) is 1. The molecule has 0 atom stereocenters. The summed E-state index contributed by atoms with van der Waals surface area (Å²) in [6, 6.07) is 8.64. The first-order chi connectivity index (χ1) is 12.3. The van der Waals surface area contributed by atoms with Crippen LogP contribution in [0.3, 0.4) is 0 Å². The maximum atomic E-state index is 12.0. The summed E-state index contributed by atoms with van der Waals surface area (Å²) in [6.45, 7) is 4.64. The second kappa shape index (κ2) is 6.75. The molecule has 0 N–H and O–H groups in total. The van der Waals surface area contributed by atoms with E-state index in [1.807, 2.05) is 18.0 Å². The van der Waals surface area contributed by atoms with Crippen molar-refractivity contribution in [2.45, 2.75) is 32.7 Å². The summed E-state index contributed by atoms with van der Waals surface area (Å²) in [4.78, 5) is 18.4. The Kier molecular flexibility index (Phi) is 4.30. The molecule has 2 aromatic rings. The molecule has 1 saturated heterocycles. The van der Waals surface area contributed by atoms with Gasteiger partial charge in [-0.1, -0.05) is 29.8 Å². The molecule has 5 nitrogen and oxygen atoms in total. The molecule has 0 aliphatic carbocycles. The van der Waals surface area contributed by atoms with Crippen molar-refractivity contribution in [3.8, 4) is 0 Å². The number of fused-ring (bicyclic) bond motifs is 2. The van der Waals surface area contributed by atoms with Crippen LogP contribution in [0.4, 0.5) is 4.79 Å². The van der Waals surface area contributed by atoms with E-state index in [9.17, 15) is 4.79 Å². The summed E-state index contributed by atoms with van der Waals surface area (Å²) in [5.41, 5.74) is 5.33. The van der Waals surface area contributed by atoms with Gasteiger partial charge in [-0.15, -0.1) is 0 Å². The predicted molar refractivity (Wildman–Crippen MR) is 96.2 cm³/mol. The molecular weight excluding hydrogens is 314 g/mol. The molecule has 1 amide bonds. The van der Waals surface area contributed by atoms with Gasteiger partial charge >= 0.3 is 6.09 Å². The van der Waals surface area contributed by atoms with Crippen LogP contribution in [-0.4, -0.2) is 40.2 Å². The zero-order chi connectivity index (χ0) is 17.2. The quantitative estimate of drug-likeness (QED) is 0.800. The van der Waals surface area contributed by atoms with Gasteiger partial charge in [-0.25, -0.2) is 9.78 Å². The van der Waals surface area contributed by atoms with Crippen LogP contribution in [0.15, 0.2) is 42.2 Å². The third kappa shape index (κ3) is 2.95. The predicted octanol–water partition coefficient (Wildman–Crippen LogP) is 3.49. The summed E-state index contributed by atoms with van der Waals surface area (Å²) in [5.74, 6) is 1.06. The first-order valence-corrected chi connectivity index (χ1v) is 9.01. The van der Waals surface area contributed by atoms with Crippen molar-refractivity contribution in [3.63, 3.8) is 0 Å². The first-order valence-electron chi connectivity index (χ1n) is 9.01. The number of hydrogen-bond donors (Lipinski definition) is 0. The normalized spacial score (nSPS) is 16.9. The molecule has 2 aliphatic rings. The molecule has 0 bridgehead atoms. The van der Waals surface area contributed by atoms with Crippen LogP contribution in [0.2, 0.25) is 0 Å². The van der Waals surface area contributed by atoms with Crippen molar-refractivity contribution in [2.75, 3.05) is 19.7 Å². The summed E-state index contributed by atoms with van der Waals surface area (Å²) < 4.78 is 7.39.